The lowest BCUT2D eigenvalue weighted by Gasteiger charge is -2.34. The van der Waals surface area contributed by atoms with Gasteiger partial charge in [0.1, 0.15) is 23.0 Å². The summed E-state index contributed by atoms with van der Waals surface area (Å²) in [5, 5.41) is 55.0. The predicted molar refractivity (Wildman–Crippen MR) is 393 cm³/mol. The molecule has 3 aromatic rings. The molecule has 7 saturated heterocycles. The smallest absolute Gasteiger partial charge is 0.410 e. The molecule has 38 heteroatoms. The Labute approximate surface area is 635 Å². The van der Waals surface area contributed by atoms with Crippen molar-refractivity contribution in [2.24, 2.45) is 46.6 Å². The third-order valence-electron chi connectivity index (χ3n) is 16.9. The van der Waals surface area contributed by atoms with Crippen molar-refractivity contribution in [1.29, 1.82) is 0 Å². The maximum absolute atomic E-state index is 12.4. The molecular formula is C70H114ClN19O18. The number of amides is 6. The molecule has 604 valence electrons. The zero-order valence-corrected chi connectivity index (χ0v) is 63.1. The Morgan fingerprint density at radius 2 is 1.01 bits per heavy atom. The van der Waals surface area contributed by atoms with Gasteiger partial charge in [0.15, 0.2) is 29.1 Å². The minimum atomic E-state index is -1.30. The van der Waals surface area contributed by atoms with Gasteiger partial charge in [0, 0.05) is 133 Å². The summed E-state index contributed by atoms with van der Waals surface area (Å²) in [6.45, 7) is 14.3. The van der Waals surface area contributed by atoms with E-state index in [2.05, 4.69) is 72.9 Å². The number of aromatic carboxylic acids is 2. The van der Waals surface area contributed by atoms with Gasteiger partial charge in [-0.2, -0.15) is 0 Å². The fraction of sp³-hybridized carbons (Fsp3) is 0.643. The quantitative estimate of drug-likeness (QED) is 0.0615. The molecule has 10 rings (SSSR count). The summed E-state index contributed by atoms with van der Waals surface area (Å²) in [7, 11) is 0. The fourth-order valence-electron chi connectivity index (χ4n) is 10.7. The number of carboxylic acids is 4. The monoisotopic (exact) mass is 1540 g/mol. The molecule has 6 amide bonds. The number of carboxylic acid groups (broad SMARTS) is 4. The SMILES string of the molecule is CC(C)(C)OC(=O)N1CCNC(C(=O)C[C@H]2CCCNC2=O)C1.C[C@@H](CCCN)C(=O)O.Cl.NCCC[C@H](N)C(=O)O.N[C@H]1CCCNC1=O.O=C(C[C@H]1CCCNC1=O)C1CCCCN1.O=C(C[C@H]1CCCNC1=O)c1cnccn1.O=C(O)c1cnccn1.O=C([O-])c1cnccn1.[NH3+][C@H]1CCCNC1=O. The summed E-state index contributed by atoms with van der Waals surface area (Å²) < 4.78 is 5.36. The number of ketones is 3. The van der Waals surface area contributed by atoms with Crippen LogP contribution in [0, 0.1) is 23.7 Å². The van der Waals surface area contributed by atoms with E-state index in [0.717, 1.165) is 122 Å². The molecule has 0 bridgehead atoms. The average Bonchev–Trinajstić information content (AvgIpc) is 0.848. The third-order valence-corrected chi connectivity index (χ3v) is 16.9. The molecule has 0 spiro atoms. The molecule has 0 radical (unpaired) electrons. The summed E-state index contributed by atoms with van der Waals surface area (Å²) in [4.78, 5) is 168. The van der Waals surface area contributed by atoms with E-state index in [1.165, 1.54) is 49.6 Å². The average molecular weight is 1550 g/mol. The fourth-order valence-corrected chi connectivity index (χ4v) is 10.7. The van der Waals surface area contributed by atoms with Crippen molar-refractivity contribution < 1.29 is 93.2 Å². The number of piperidine rings is 6. The van der Waals surface area contributed by atoms with Crippen molar-refractivity contribution >= 4 is 89.3 Å². The van der Waals surface area contributed by atoms with E-state index in [1.807, 2.05) is 20.8 Å². The first-order valence-electron chi connectivity index (χ1n) is 36.2. The van der Waals surface area contributed by atoms with E-state index in [-0.39, 0.29) is 125 Å². The highest BCUT2D eigenvalue weighted by molar-refractivity contribution is 5.97. The van der Waals surface area contributed by atoms with E-state index in [4.69, 9.17) is 43.0 Å². The number of nitrogens with one attached hydrogen (secondary N) is 7. The van der Waals surface area contributed by atoms with E-state index in [0.29, 0.717) is 77.2 Å². The number of aromatic nitrogens is 6. The third kappa shape index (κ3) is 42.3. The van der Waals surface area contributed by atoms with E-state index >= 15 is 0 Å². The van der Waals surface area contributed by atoms with Crippen LogP contribution >= 0.6 is 12.4 Å². The van der Waals surface area contributed by atoms with E-state index in [9.17, 15) is 67.4 Å². The molecule has 9 atom stereocenters. The lowest BCUT2D eigenvalue weighted by Crippen LogP contribution is -2.69. The highest BCUT2D eigenvalue weighted by atomic mass is 35.5. The number of hydrogen-bond donors (Lipinski definition) is 15. The second-order valence-corrected chi connectivity index (χ2v) is 26.9. The predicted octanol–water partition coefficient (Wildman–Crippen LogP) is -1.38. The number of carbonyl (C=O) groups is 13. The Morgan fingerprint density at radius 3 is 1.37 bits per heavy atom. The second kappa shape index (κ2) is 55.2. The van der Waals surface area contributed by atoms with Gasteiger partial charge in [-0.15, -0.1) is 12.4 Å². The van der Waals surface area contributed by atoms with Crippen LogP contribution in [0.5, 0.6) is 0 Å². The van der Waals surface area contributed by atoms with Crippen molar-refractivity contribution in [2.45, 2.75) is 192 Å². The first-order chi connectivity index (χ1) is 50.9. The van der Waals surface area contributed by atoms with Gasteiger partial charge in [-0.05, 0) is 137 Å². The molecule has 7 aliphatic heterocycles. The van der Waals surface area contributed by atoms with E-state index < -0.39 is 47.7 Å². The number of aliphatic carboxylic acids is 2. The number of piperazine rings is 1. The molecular weight excluding hydrogens is 1430 g/mol. The molecule has 21 N–H and O–H groups in total. The van der Waals surface area contributed by atoms with Crippen molar-refractivity contribution in [3.8, 4) is 0 Å². The Bertz CT molecular complexity index is 3120. The van der Waals surface area contributed by atoms with Crippen LogP contribution in [0.2, 0.25) is 0 Å². The number of Topliss-reactive ketones (excluding diaryl/α,β-unsaturated/α-hetero) is 3. The summed E-state index contributed by atoms with van der Waals surface area (Å²) in [5.74, 6) is -4.61. The molecule has 10 heterocycles. The molecule has 0 aromatic carbocycles. The zero-order chi connectivity index (χ0) is 79.7. The number of rotatable bonds is 19. The van der Waals surface area contributed by atoms with Gasteiger partial charge in [-0.1, -0.05) is 13.3 Å². The molecule has 2 unspecified atom stereocenters. The largest absolute Gasteiger partial charge is 0.543 e. The molecule has 37 nitrogen and oxygen atoms in total. The maximum Gasteiger partial charge on any atom is 0.410 e. The van der Waals surface area contributed by atoms with Gasteiger partial charge in [0.2, 0.25) is 23.6 Å². The van der Waals surface area contributed by atoms with Crippen LogP contribution in [0.3, 0.4) is 0 Å². The zero-order valence-electron chi connectivity index (χ0n) is 62.3. The lowest BCUT2D eigenvalue weighted by molar-refractivity contribution is -0.406. The van der Waals surface area contributed by atoms with Crippen LogP contribution in [-0.4, -0.2) is 235 Å². The molecule has 7 fully saturated rings. The number of halogens is 1. The van der Waals surface area contributed by atoms with Crippen LogP contribution in [0.15, 0.2) is 55.8 Å². The van der Waals surface area contributed by atoms with Gasteiger partial charge in [0.25, 0.3) is 5.91 Å². The summed E-state index contributed by atoms with van der Waals surface area (Å²) in [5.41, 5.74) is 24.1. The summed E-state index contributed by atoms with van der Waals surface area (Å²) in [6.07, 6.45) is 27.7. The molecule has 3 aromatic heterocycles. The number of quaternary nitrogens is 1. The van der Waals surface area contributed by atoms with Crippen LogP contribution < -0.4 is 71.0 Å². The van der Waals surface area contributed by atoms with Crippen LogP contribution in [-0.2, 0) is 47.9 Å². The van der Waals surface area contributed by atoms with Crippen molar-refractivity contribution in [2.75, 3.05) is 72.0 Å². The molecule has 108 heavy (non-hydrogen) atoms. The standard InChI is InChI=1S/C16H27N3O4.C12H20N2O2.C11H13N3O2.C6H13NO2.2C5H4N2O2.C5H12N2O2.2C5H10N2O.ClH/c1-16(2,3)23-15(22)19-8-7-17-12(10-19)13(20)9-11-5-4-6-18-14(11)21;15-11(10-5-1-2-6-13-10)8-9-4-3-7-14-12(9)16;15-10(9-7-12-4-5-13-9)6-8-2-1-3-14-11(8)16;1-5(6(8)9)3-2-4-7;2*8-5(9)4-3-6-1-2-7-4;6-3-1-2-4(7)5(8)9;2*6-4-2-1-3-7-5(4)8;/h11-12,17H,4-10H2,1-3H3,(H,18,21);9-10,13H,1-8H2,(H,14,16);4-5,7-8H,1-3,6H2,(H,14,16);5H,2-4,7H2,1H3,(H,8,9);2*1-3H,(H,8,9);4H,1-3,6-7H2,(H,8,9);2*4H,1-3,6H2,(H,7,8);1H/t11-,12?;9-,10?;8-;5-;;;3*4-;/m1110..000./s1. The second-order valence-electron chi connectivity index (χ2n) is 26.9. The van der Waals surface area contributed by atoms with Crippen molar-refractivity contribution in [1.82, 2.24) is 72.0 Å². The number of ether oxygens (including phenoxy) is 1. The lowest BCUT2D eigenvalue weighted by atomic mass is 9.89. The maximum atomic E-state index is 12.4. The first-order valence-corrected chi connectivity index (χ1v) is 36.2. The Morgan fingerprint density at radius 1 is 0.565 bits per heavy atom. The van der Waals surface area contributed by atoms with E-state index in [1.54, 1.807) is 11.8 Å². The van der Waals surface area contributed by atoms with Crippen LogP contribution in [0.1, 0.15) is 188 Å². The van der Waals surface area contributed by atoms with Crippen LogP contribution in [0.25, 0.3) is 0 Å². The van der Waals surface area contributed by atoms with Crippen molar-refractivity contribution in [3.63, 3.8) is 0 Å². The van der Waals surface area contributed by atoms with Gasteiger partial charge >= 0.3 is 24.0 Å². The highest BCUT2D eigenvalue weighted by Crippen LogP contribution is 2.21. The topological polar surface area (TPSA) is 611 Å². The number of nitrogens with zero attached hydrogens (tertiary/aromatic N) is 7. The number of nitrogens with two attached hydrogens (primary N) is 4. The molecule has 7 aliphatic rings. The highest BCUT2D eigenvalue weighted by Gasteiger charge is 2.34. The number of hydrogen-bond acceptors (Lipinski definition) is 27. The number of carbonyl (C=O) groups excluding carboxylic acids is 10. The minimum absolute atomic E-state index is 0. The van der Waals surface area contributed by atoms with Gasteiger partial charge in [0.05, 0.1) is 48.6 Å². The van der Waals surface area contributed by atoms with Gasteiger partial charge < -0.3 is 101 Å². The normalized spacial score (nSPS) is 21.1. The Hall–Kier alpha value is -9.24. The first kappa shape index (κ1) is 96.8. The summed E-state index contributed by atoms with van der Waals surface area (Å²) in [6, 6.07) is -1.41. The van der Waals surface area contributed by atoms with Crippen molar-refractivity contribution in [3.05, 3.63) is 72.9 Å². The Balaban J connectivity index is 0.000000624. The van der Waals surface area contributed by atoms with Gasteiger partial charge in [-0.25, -0.2) is 19.6 Å². The van der Waals surface area contributed by atoms with Gasteiger partial charge in [-0.3, -0.25) is 67.9 Å². The minimum Gasteiger partial charge on any atom is -0.543 e. The summed E-state index contributed by atoms with van der Waals surface area (Å²) >= 11 is 0. The molecule has 0 aliphatic carbocycles. The Kier molecular flexibility index (Phi) is 49.5. The molecule has 0 saturated carbocycles. The van der Waals surface area contributed by atoms with Crippen LogP contribution in [0.4, 0.5) is 4.79 Å².